The minimum atomic E-state index is -4.25. The molecule has 162 valence electrons. The van der Waals surface area contributed by atoms with Crippen LogP contribution in [0, 0.1) is 6.92 Å². The van der Waals surface area contributed by atoms with E-state index in [1.807, 2.05) is 19.1 Å². The van der Waals surface area contributed by atoms with E-state index in [1.54, 1.807) is 18.2 Å². The lowest BCUT2D eigenvalue weighted by Gasteiger charge is -2.16. The molecule has 31 heavy (non-hydrogen) atoms. The lowest BCUT2D eigenvalue weighted by molar-refractivity contribution is 0.598. The zero-order valence-electron chi connectivity index (χ0n) is 16.8. The van der Waals surface area contributed by atoms with Gasteiger partial charge < -0.3 is 0 Å². The molecule has 0 bridgehead atoms. The Morgan fingerprint density at radius 2 is 1.97 bits per heavy atom. The smallest absolute Gasteiger partial charge is 0.260 e. The second kappa shape index (κ2) is 9.44. The summed E-state index contributed by atoms with van der Waals surface area (Å²) in [5.41, 5.74) is 1.22. The third kappa shape index (κ3) is 5.20. The first-order valence-corrected chi connectivity index (χ1v) is 11.5. The number of nitrogens with one attached hydrogen (secondary N) is 2. The van der Waals surface area contributed by atoms with Crippen molar-refractivity contribution in [3.8, 4) is 0 Å². The Labute approximate surface area is 183 Å². The van der Waals surface area contributed by atoms with E-state index in [1.165, 1.54) is 25.0 Å². The van der Waals surface area contributed by atoms with Gasteiger partial charge in [-0.25, -0.2) is 22.2 Å². The van der Waals surface area contributed by atoms with E-state index in [2.05, 4.69) is 26.5 Å². The number of nitrogens with zero attached hydrogens (tertiary/aromatic N) is 2. The van der Waals surface area contributed by atoms with Crippen LogP contribution < -0.4 is 4.72 Å². The number of allylic oxidation sites excluding steroid dienone is 5. The maximum Gasteiger partial charge on any atom is 0.260 e. The van der Waals surface area contributed by atoms with Gasteiger partial charge in [0.1, 0.15) is 22.9 Å². The lowest BCUT2D eigenvalue weighted by Crippen LogP contribution is -2.16. The first-order valence-electron chi connectivity index (χ1n) is 9.22. The largest absolute Gasteiger partial charge is 0.279 e. The Kier molecular flexibility index (Phi) is 6.91. The van der Waals surface area contributed by atoms with Gasteiger partial charge in [-0.3, -0.25) is 9.82 Å². The molecule has 0 spiro atoms. The highest BCUT2D eigenvalue weighted by Gasteiger charge is 2.22. The fraction of sp³-hybridized carbons (Fsp3) is 0.143. The summed E-state index contributed by atoms with van der Waals surface area (Å²) >= 11 is 1.30. The van der Waals surface area contributed by atoms with E-state index in [0.29, 0.717) is 16.2 Å². The van der Waals surface area contributed by atoms with Crippen LogP contribution in [0.5, 0.6) is 0 Å². The third-order valence-electron chi connectivity index (χ3n) is 4.43. The van der Waals surface area contributed by atoms with Crippen LogP contribution in [-0.2, 0) is 10.0 Å². The lowest BCUT2D eigenvalue weighted by atomic mass is 10.0. The second-order valence-corrected chi connectivity index (χ2v) is 9.23. The van der Waals surface area contributed by atoms with Gasteiger partial charge in [0.25, 0.3) is 10.0 Å². The normalized spacial score (nSPS) is 12.9. The Morgan fingerprint density at radius 1 is 1.26 bits per heavy atom. The molecular formula is C21H20F2N4O2S2. The molecule has 0 aliphatic rings. The summed E-state index contributed by atoms with van der Waals surface area (Å²) in [5, 5.41) is 8.62. The van der Waals surface area contributed by atoms with Crippen LogP contribution in [0.25, 0.3) is 10.8 Å². The van der Waals surface area contributed by atoms with Crippen molar-refractivity contribution < 1.29 is 17.2 Å². The molecule has 0 amide bonds. The number of fused-ring (bicyclic) bond motifs is 1. The Hall–Kier alpha value is -2.98. The van der Waals surface area contributed by atoms with Crippen molar-refractivity contribution in [1.82, 2.24) is 15.2 Å². The predicted molar refractivity (Wildman–Crippen MR) is 120 cm³/mol. The molecule has 0 saturated carbocycles. The molecule has 0 atom stereocenters. The predicted octanol–water partition coefficient (Wildman–Crippen LogP) is 5.79. The highest BCUT2D eigenvalue weighted by Crippen LogP contribution is 2.37. The molecule has 6 nitrogen and oxygen atoms in total. The summed E-state index contributed by atoms with van der Waals surface area (Å²) in [5.74, 6) is -1.93. The quantitative estimate of drug-likeness (QED) is 0.414. The molecule has 1 aromatic heterocycles. The molecule has 1 heterocycles. The summed E-state index contributed by atoms with van der Waals surface area (Å²) in [6.07, 6.45) is 2.78. The number of anilines is 1. The van der Waals surface area contributed by atoms with Crippen LogP contribution >= 0.6 is 11.8 Å². The molecule has 0 fully saturated rings. The number of hydrogen-bond acceptors (Lipinski definition) is 5. The maximum atomic E-state index is 14.5. The van der Waals surface area contributed by atoms with Crippen molar-refractivity contribution in [2.24, 2.45) is 0 Å². The fourth-order valence-electron chi connectivity index (χ4n) is 2.98. The van der Waals surface area contributed by atoms with Crippen molar-refractivity contribution in [1.29, 1.82) is 0 Å². The summed E-state index contributed by atoms with van der Waals surface area (Å²) in [4.78, 5) is 4.36. The number of halogens is 2. The Balaban J connectivity index is 2.10. The van der Waals surface area contributed by atoms with E-state index in [9.17, 15) is 17.2 Å². The van der Waals surface area contributed by atoms with Crippen molar-refractivity contribution in [3.63, 3.8) is 0 Å². The maximum absolute atomic E-state index is 14.5. The summed E-state index contributed by atoms with van der Waals surface area (Å²) < 4.78 is 55.8. The minimum Gasteiger partial charge on any atom is -0.279 e. The molecule has 2 aromatic carbocycles. The first-order chi connectivity index (χ1) is 14.7. The van der Waals surface area contributed by atoms with E-state index < -0.39 is 26.6 Å². The monoisotopic (exact) mass is 462 g/mol. The average molecular weight is 463 g/mol. The van der Waals surface area contributed by atoms with E-state index in [4.69, 9.17) is 0 Å². The van der Waals surface area contributed by atoms with Gasteiger partial charge in [-0.1, -0.05) is 37.8 Å². The number of sulfonamides is 1. The number of aryl methyl sites for hydroxylation is 1. The van der Waals surface area contributed by atoms with E-state index in [0.717, 1.165) is 28.0 Å². The number of aromatic amines is 1. The number of rotatable bonds is 8. The number of H-pyrrole nitrogens is 1. The van der Waals surface area contributed by atoms with Crippen LogP contribution in [0.1, 0.15) is 18.9 Å². The van der Waals surface area contributed by atoms with Gasteiger partial charge >= 0.3 is 0 Å². The van der Waals surface area contributed by atoms with Crippen LogP contribution in [0.2, 0.25) is 0 Å². The van der Waals surface area contributed by atoms with E-state index in [-0.39, 0.29) is 6.42 Å². The van der Waals surface area contributed by atoms with Crippen molar-refractivity contribution in [2.45, 2.75) is 30.3 Å². The molecule has 10 heteroatoms. The van der Waals surface area contributed by atoms with Crippen molar-refractivity contribution >= 4 is 38.2 Å². The minimum absolute atomic E-state index is 0.117. The van der Waals surface area contributed by atoms with Crippen molar-refractivity contribution in [2.75, 3.05) is 4.72 Å². The molecule has 0 aliphatic heterocycles. The van der Waals surface area contributed by atoms with Crippen LogP contribution in [0.15, 0.2) is 82.0 Å². The van der Waals surface area contributed by atoms with Gasteiger partial charge in [-0.2, -0.15) is 5.10 Å². The van der Waals surface area contributed by atoms with Crippen LogP contribution in [-0.4, -0.2) is 23.6 Å². The van der Waals surface area contributed by atoms with Gasteiger partial charge in [-0.05, 0) is 54.3 Å². The highest BCUT2D eigenvalue weighted by molar-refractivity contribution is 7.99. The molecule has 0 saturated heterocycles. The molecule has 0 radical (unpaired) electrons. The third-order valence-corrected chi connectivity index (χ3v) is 7.09. The van der Waals surface area contributed by atoms with Crippen LogP contribution in [0.4, 0.5) is 14.5 Å². The first kappa shape index (κ1) is 22.7. The average Bonchev–Trinajstić information content (AvgIpc) is 3.23. The Bertz CT molecular complexity index is 1280. The van der Waals surface area contributed by atoms with Gasteiger partial charge in [0.15, 0.2) is 5.16 Å². The molecule has 3 aromatic rings. The molecule has 3 rings (SSSR count). The topological polar surface area (TPSA) is 87.7 Å². The van der Waals surface area contributed by atoms with Crippen molar-refractivity contribution in [3.05, 3.63) is 77.5 Å². The summed E-state index contributed by atoms with van der Waals surface area (Å²) in [6.45, 7) is 6.43. The van der Waals surface area contributed by atoms with E-state index >= 15 is 0 Å². The van der Waals surface area contributed by atoms with Crippen LogP contribution in [0.3, 0.4) is 0 Å². The SMILES string of the molecule is C=C(F)C=CC(F)=C(CC)S(=O)(=O)Nc1cc(Sc2ncn[nH]2)c(C)c2ccccc12. The van der Waals surface area contributed by atoms with Gasteiger partial charge in [0.05, 0.1) is 5.69 Å². The number of hydrogen-bond donors (Lipinski definition) is 2. The summed E-state index contributed by atoms with van der Waals surface area (Å²) in [6, 6.07) is 8.96. The zero-order valence-corrected chi connectivity index (χ0v) is 18.4. The zero-order chi connectivity index (χ0) is 22.6. The summed E-state index contributed by atoms with van der Waals surface area (Å²) in [7, 11) is -4.25. The molecule has 0 unspecified atom stereocenters. The molecule has 0 aliphatic carbocycles. The standard InChI is InChI=1S/C21H20F2N4O2S2/c1-4-20(17(23)10-9-13(2)22)31(28,29)27-18-11-19(30-21-24-12-25-26-21)14(3)15-7-5-6-8-16(15)18/h5-12,27H,2,4H2,1,3H3,(H,24,25,26). The molecule has 2 N–H and O–H groups in total. The van der Waals surface area contributed by atoms with Gasteiger partial charge in [0.2, 0.25) is 0 Å². The Morgan fingerprint density at radius 3 is 2.58 bits per heavy atom. The second-order valence-electron chi connectivity index (χ2n) is 6.50. The van der Waals surface area contributed by atoms with Gasteiger partial charge in [-0.15, -0.1) is 0 Å². The number of benzene rings is 2. The molecular weight excluding hydrogens is 442 g/mol. The number of aromatic nitrogens is 3. The highest BCUT2D eigenvalue weighted by atomic mass is 32.2. The fourth-order valence-corrected chi connectivity index (χ4v) is 5.12. The van der Waals surface area contributed by atoms with Gasteiger partial charge in [0, 0.05) is 10.3 Å².